The molecular formula is C14H26N2O5. The lowest BCUT2D eigenvalue weighted by Gasteiger charge is -2.22. The fraction of sp³-hybridized carbons (Fsp3) is 0.786. The van der Waals surface area contributed by atoms with Crippen molar-refractivity contribution in [1.82, 2.24) is 10.6 Å². The zero-order valence-electron chi connectivity index (χ0n) is 13.2. The van der Waals surface area contributed by atoms with E-state index < -0.39 is 23.7 Å². The van der Waals surface area contributed by atoms with E-state index in [9.17, 15) is 14.4 Å². The number of rotatable bonds is 8. The molecule has 3 N–H and O–H groups in total. The Hall–Kier alpha value is -1.79. The van der Waals surface area contributed by atoms with Gasteiger partial charge in [-0.3, -0.25) is 4.79 Å². The Balaban J connectivity index is 4.23. The number of alkyl carbamates (subject to hydrolysis) is 1. The second-order valence-corrected chi connectivity index (χ2v) is 5.80. The van der Waals surface area contributed by atoms with E-state index in [0.717, 1.165) is 19.3 Å². The Labute approximate surface area is 125 Å². The Morgan fingerprint density at radius 3 is 2.29 bits per heavy atom. The second-order valence-electron chi connectivity index (χ2n) is 5.80. The maximum absolute atomic E-state index is 11.5. The van der Waals surface area contributed by atoms with Crippen LogP contribution in [0.5, 0.6) is 0 Å². The molecule has 7 nitrogen and oxygen atoms in total. The highest BCUT2D eigenvalue weighted by molar-refractivity contribution is 5.82. The number of carboxylic acid groups (broad SMARTS) is 1. The van der Waals surface area contributed by atoms with Gasteiger partial charge in [0.05, 0.1) is 0 Å². The van der Waals surface area contributed by atoms with Crippen molar-refractivity contribution >= 4 is 18.0 Å². The molecule has 7 heteroatoms. The number of nitrogens with one attached hydrogen (secondary N) is 2. The molecule has 0 bridgehead atoms. The Bertz CT molecular complexity index is 363. The molecule has 1 unspecified atom stereocenters. The molecule has 2 amide bonds. The van der Waals surface area contributed by atoms with E-state index >= 15 is 0 Å². The van der Waals surface area contributed by atoms with Crippen LogP contribution in [0.3, 0.4) is 0 Å². The van der Waals surface area contributed by atoms with Gasteiger partial charge in [0.15, 0.2) is 0 Å². The van der Waals surface area contributed by atoms with Crippen LogP contribution in [-0.4, -0.2) is 41.3 Å². The van der Waals surface area contributed by atoms with Crippen LogP contribution in [0.25, 0.3) is 0 Å². The van der Waals surface area contributed by atoms with E-state index in [2.05, 4.69) is 10.6 Å². The maximum Gasteiger partial charge on any atom is 0.408 e. The van der Waals surface area contributed by atoms with Crippen LogP contribution in [-0.2, 0) is 14.3 Å². The standard InChI is InChI=1S/C14H26N2O5/c1-5-6-7-8-11(17)15-9-10(12(18)19)16-13(20)21-14(2,3)4/h10H,5-9H2,1-4H3,(H,15,17)(H,16,20)(H,18,19). The largest absolute Gasteiger partial charge is 0.480 e. The average molecular weight is 302 g/mol. The first-order valence-electron chi connectivity index (χ1n) is 7.14. The molecule has 0 spiro atoms. The summed E-state index contributed by atoms with van der Waals surface area (Å²) in [7, 11) is 0. The normalized spacial score (nSPS) is 12.4. The summed E-state index contributed by atoms with van der Waals surface area (Å²) in [5, 5.41) is 13.7. The van der Waals surface area contributed by atoms with Gasteiger partial charge >= 0.3 is 12.1 Å². The molecule has 0 aromatic carbocycles. The molecule has 0 aliphatic carbocycles. The lowest BCUT2D eigenvalue weighted by atomic mass is 10.2. The highest BCUT2D eigenvalue weighted by atomic mass is 16.6. The van der Waals surface area contributed by atoms with Gasteiger partial charge in [0.1, 0.15) is 11.6 Å². The zero-order valence-corrected chi connectivity index (χ0v) is 13.2. The van der Waals surface area contributed by atoms with Gasteiger partial charge in [-0.25, -0.2) is 9.59 Å². The van der Waals surface area contributed by atoms with E-state index in [4.69, 9.17) is 9.84 Å². The predicted molar refractivity (Wildman–Crippen MR) is 77.9 cm³/mol. The number of carbonyl (C=O) groups excluding carboxylic acids is 2. The zero-order chi connectivity index (χ0) is 16.5. The second kappa shape index (κ2) is 9.20. The summed E-state index contributed by atoms with van der Waals surface area (Å²) in [6.45, 7) is 6.90. The smallest absolute Gasteiger partial charge is 0.408 e. The third-order valence-corrected chi connectivity index (χ3v) is 2.50. The molecule has 0 fully saturated rings. The average Bonchev–Trinajstić information content (AvgIpc) is 2.32. The fourth-order valence-electron chi connectivity index (χ4n) is 1.49. The van der Waals surface area contributed by atoms with Gasteiger partial charge in [-0.05, 0) is 27.2 Å². The first-order chi connectivity index (χ1) is 9.65. The van der Waals surface area contributed by atoms with Crippen molar-refractivity contribution in [3.05, 3.63) is 0 Å². The van der Waals surface area contributed by atoms with E-state index in [-0.39, 0.29) is 12.5 Å². The molecule has 0 radical (unpaired) electrons. The number of hydrogen-bond donors (Lipinski definition) is 3. The molecule has 122 valence electrons. The van der Waals surface area contributed by atoms with Crippen molar-refractivity contribution in [3.8, 4) is 0 Å². The quantitative estimate of drug-likeness (QED) is 0.591. The van der Waals surface area contributed by atoms with Crippen molar-refractivity contribution < 1.29 is 24.2 Å². The van der Waals surface area contributed by atoms with Crippen LogP contribution >= 0.6 is 0 Å². The fourth-order valence-corrected chi connectivity index (χ4v) is 1.49. The van der Waals surface area contributed by atoms with Gasteiger partial charge in [0, 0.05) is 13.0 Å². The topological polar surface area (TPSA) is 105 Å². The SMILES string of the molecule is CCCCCC(=O)NCC(NC(=O)OC(C)(C)C)C(=O)O. The minimum atomic E-state index is -1.23. The molecule has 0 aliphatic rings. The lowest BCUT2D eigenvalue weighted by Crippen LogP contribution is -2.49. The van der Waals surface area contributed by atoms with Gasteiger partial charge in [-0.2, -0.15) is 0 Å². The summed E-state index contributed by atoms with van der Waals surface area (Å²) in [5.74, 6) is -1.45. The predicted octanol–water partition coefficient (Wildman–Crippen LogP) is 1.66. The van der Waals surface area contributed by atoms with Crippen molar-refractivity contribution in [3.63, 3.8) is 0 Å². The first-order valence-corrected chi connectivity index (χ1v) is 7.14. The van der Waals surface area contributed by atoms with Crippen LogP contribution in [0.4, 0.5) is 4.79 Å². The van der Waals surface area contributed by atoms with E-state index in [1.54, 1.807) is 20.8 Å². The molecule has 0 heterocycles. The van der Waals surface area contributed by atoms with Crippen LogP contribution in [0.1, 0.15) is 53.4 Å². The maximum atomic E-state index is 11.5. The number of hydrogen-bond acceptors (Lipinski definition) is 4. The monoisotopic (exact) mass is 302 g/mol. The summed E-state index contributed by atoms with van der Waals surface area (Å²) in [4.78, 5) is 34.1. The third kappa shape index (κ3) is 10.6. The minimum absolute atomic E-state index is 0.167. The number of aliphatic carboxylic acids is 1. The van der Waals surface area contributed by atoms with Gasteiger partial charge < -0.3 is 20.5 Å². The van der Waals surface area contributed by atoms with Gasteiger partial charge in [0.2, 0.25) is 5.91 Å². The summed E-state index contributed by atoms with van der Waals surface area (Å²) in [5.41, 5.74) is -0.712. The molecule has 0 aromatic heterocycles. The van der Waals surface area contributed by atoms with Crippen LogP contribution in [0.2, 0.25) is 0 Å². The highest BCUT2D eigenvalue weighted by Gasteiger charge is 2.24. The van der Waals surface area contributed by atoms with Crippen molar-refractivity contribution in [1.29, 1.82) is 0 Å². The number of ether oxygens (including phenoxy) is 1. The van der Waals surface area contributed by atoms with Gasteiger partial charge in [-0.15, -0.1) is 0 Å². The van der Waals surface area contributed by atoms with Crippen LogP contribution in [0.15, 0.2) is 0 Å². The molecule has 1 atom stereocenters. The van der Waals surface area contributed by atoms with E-state index in [1.807, 2.05) is 6.92 Å². The number of amides is 2. The Morgan fingerprint density at radius 1 is 1.19 bits per heavy atom. The molecule has 0 aliphatic heterocycles. The summed E-state index contributed by atoms with van der Waals surface area (Å²) < 4.78 is 4.98. The molecule has 0 saturated carbocycles. The van der Waals surface area contributed by atoms with Crippen LogP contribution < -0.4 is 10.6 Å². The molecule has 0 saturated heterocycles. The Kier molecular flexibility index (Phi) is 8.42. The minimum Gasteiger partial charge on any atom is -0.480 e. The molecule has 21 heavy (non-hydrogen) atoms. The number of carbonyl (C=O) groups is 3. The summed E-state index contributed by atoms with van der Waals surface area (Å²) in [6.07, 6.45) is 2.25. The molecule has 0 rings (SSSR count). The van der Waals surface area contributed by atoms with Crippen molar-refractivity contribution in [2.45, 2.75) is 65.0 Å². The number of carboxylic acids is 1. The van der Waals surface area contributed by atoms with Crippen molar-refractivity contribution in [2.24, 2.45) is 0 Å². The van der Waals surface area contributed by atoms with Gasteiger partial charge in [-0.1, -0.05) is 19.8 Å². The van der Waals surface area contributed by atoms with E-state index in [1.165, 1.54) is 0 Å². The van der Waals surface area contributed by atoms with Crippen molar-refractivity contribution in [2.75, 3.05) is 6.54 Å². The van der Waals surface area contributed by atoms with Crippen LogP contribution in [0, 0.1) is 0 Å². The molecule has 0 aromatic rings. The highest BCUT2D eigenvalue weighted by Crippen LogP contribution is 2.06. The first kappa shape index (κ1) is 19.2. The third-order valence-electron chi connectivity index (χ3n) is 2.50. The summed E-state index contributed by atoms with van der Waals surface area (Å²) in [6, 6.07) is -1.21. The molecular weight excluding hydrogens is 276 g/mol. The number of unbranched alkanes of at least 4 members (excludes halogenated alkanes) is 2. The lowest BCUT2D eigenvalue weighted by molar-refractivity contribution is -0.139. The van der Waals surface area contributed by atoms with E-state index in [0.29, 0.717) is 6.42 Å². The Morgan fingerprint density at radius 2 is 1.81 bits per heavy atom. The van der Waals surface area contributed by atoms with Gasteiger partial charge in [0.25, 0.3) is 0 Å². The summed E-state index contributed by atoms with van der Waals surface area (Å²) >= 11 is 0.